The Labute approximate surface area is 177 Å². The average Bonchev–Trinajstić information content (AvgIpc) is 3.24. The van der Waals surface area contributed by atoms with E-state index in [1.165, 1.54) is 20.3 Å². The molecule has 0 amide bonds. The molecular weight excluding hydrogens is 407 g/mol. The predicted octanol–water partition coefficient (Wildman–Crippen LogP) is 4.55. The lowest BCUT2D eigenvalue weighted by Gasteiger charge is -2.12. The van der Waals surface area contributed by atoms with E-state index in [1.807, 2.05) is 12.1 Å². The van der Waals surface area contributed by atoms with Crippen LogP contribution in [-0.2, 0) is 27.5 Å². The molecule has 1 aliphatic rings. The number of hydrogen-bond acceptors (Lipinski definition) is 7. The number of nitrogens with zero attached hydrogens (tertiary/aromatic N) is 2. The number of benzene rings is 2. The zero-order chi connectivity index (χ0) is 21.1. The van der Waals surface area contributed by atoms with Gasteiger partial charge in [-0.05, 0) is 35.9 Å². The van der Waals surface area contributed by atoms with Crippen LogP contribution < -0.4 is 9.47 Å². The Morgan fingerprint density at radius 2 is 1.90 bits per heavy atom. The van der Waals surface area contributed by atoms with Gasteiger partial charge in [-0.2, -0.15) is 16.7 Å². The summed E-state index contributed by atoms with van der Waals surface area (Å²) < 4.78 is 29.9. The minimum Gasteiger partial charge on any atom is -0.494 e. The summed E-state index contributed by atoms with van der Waals surface area (Å²) in [6, 6.07) is 11.8. The summed E-state index contributed by atoms with van der Waals surface area (Å²) in [6.45, 7) is 0. The molecular formula is C22H19FN2O4S. The predicted molar refractivity (Wildman–Crippen MR) is 111 cm³/mol. The van der Waals surface area contributed by atoms with Gasteiger partial charge in [0.05, 0.1) is 26.3 Å². The van der Waals surface area contributed by atoms with E-state index in [9.17, 15) is 9.18 Å². The summed E-state index contributed by atoms with van der Waals surface area (Å²) in [5, 5.41) is 0. The van der Waals surface area contributed by atoms with Crippen molar-refractivity contribution in [2.24, 2.45) is 0 Å². The molecule has 2 heterocycles. The molecule has 0 fully saturated rings. The molecule has 0 spiro atoms. The minimum absolute atomic E-state index is 0.166. The van der Waals surface area contributed by atoms with Crippen molar-refractivity contribution < 1.29 is 23.4 Å². The lowest BCUT2D eigenvalue weighted by molar-refractivity contribution is -0.139. The molecule has 0 radical (unpaired) electrons. The van der Waals surface area contributed by atoms with Gasteiger partial charge in [-0.25, -0.2) is 9.37 Å². The maximum absolute atomic E-state index is 14.2. The molecule has 2 aromatic carbocycles. The van der Waals surface area contributed by atoms with Crippen LogP contribution in [0.4, 0.5) is 4.39 Å². The SMILES string of the molecule is COC(=O)Cc1ccc(Oc2nc(-c3ccc(OC)c(F)c3)nc3c2CSC3)cc1. The molecule has 154 valence electrons. The fourth-order valence-electron chi connectivity index (χ4n) is 3.07. The Morgan fingerprint density at radius 1 is 1.10 bits per heavy atom. The summed E-state index contributed by atoms with van der Waals surface area (Å²) in [5.74, 6) is 2.34. The molecule has 1 aromatic heterocycles. The van der Waals surface area contributed by atoms with Crippen LogP contribution in [0.1, 0.15) is 16.8 Å². The van der Waals surface area contributed by atoms with Gasteiger partial charge in [0.2, 0.25) is 5.88 Å². The Bertz CT molecular complexity index is 1090. The maximum Gasteiger partial charge on any atom is 0.309 e. The zero-order valence-corrected chi connectivity index (χ0v) is 17.3. The van der Waals surface area contributed by atoms with Gasteiger partial charge in [-0.1, -0.05) is 12.1 Å². The third-order valence-electron chi connectivity index (χ3n) is 4.66. The van der Waals surface area contributed by atoms with Gasteiger partial charge >= 0.3 is 5.97 Å². The Hall–Kier alpha value is -3.13. The topological polar surface area (TPSA) is 70.5 Å². The van der Waals surface area contributed by atoms with Crippen molar-refractivity contribution in [1.29, 1.82) is 0 Å². The zero-order valence-electron chi connectivity index (χ0n) is 16.5. The monoisotopic (exact) mass is 426 g/mol. The van der Waals surface area contributed by atoms with Crippen LogP contribution in [0.25, 0.3) is 11.4 Å². The normalized spacial score (nSPS) is 12.4. The molecule has 0 N–H and O–H groups in total. The molecule has 0 bridgehead atoms. The van der Waals surface area contributed by atoms with E-state index in [0.29, 0.717) is 23.0 Å². The van der Waals surface area contributed by atoms with Crippen molar-refractivity contribution in [3.8, 4) is 28.8 Å². The van der Waals surface area contributed by atoms with Gasteiger partial charge in [0.25, 0.3) is 0 Å². The van der Waals surface area contributed by atoms with E-state index in [1.54, 1.807) is 36.0 Å². The summed E-state index contributed by atoms with van der Waals surface area (Å²) >= 11 is 1.72. The molecule has 0 atom stereocenters. The molecule has 0 unspecified atom stereocenters. The lowest BCUT2D eigenvalue weighted by Crippen LogP contribution is -2.04. The van der Waals surface area contributed by atoms with E-state index >= 15 is 0 Å². The van der Waals surface area contributed by atoms with Crippen LogP contribution in [0, 0.1) is 5.82 Å². The quantitative estimate of drug-likeness (QED) is 0.536. The Kier molecular flexibility index (Phi) is 5.85. The highest BCUT2D eigenvalue weighted by atomic mass is 32.2. The van der Waals surface area contributed by atoms with E-state index in [0.717, 1.165) is 28.3 Å². The van der Waals surface area contributed by atoms with E-state index < -0.39 is 5.82 Å². The average molecular weight is 426 g/mol. The van der Waals surface area contributed by atoms with Gasteiger partial charge in [0.1, 0.15) is 5.75 Å². The van der Waals surface area contributed by atoms with Gasteiger partial charge in [0, 0.05) is 22.6 Å². The highest BCUT2D eigenvalue weighted by molar-refractivity contribution is 7.98. The first-order valence-corrected chi connectivity index (χ1v) is 10.4. The van der Waals surface area contributed by atoms with Crippen LogP contribution in [0.15, 0.2) is 42.5 Å². The van der Waals surface area contributed by atoms with Crippen molar-refractivity contribution >= 4 is 17.7 Å². The van der Waals surface area contributed by atoms with E-state index in [-0.39, 0.29) is 18.1 Å². The second-order valence-corrected chi connectivity index (χ2v) is 7.60. The number of carbonyl (C=O) groups is 1. The fourth-order valence-corrected chi connectivity index (χ4v) is 4.09. The molecule has 0 saturated heterocycles. The first-order valence-electron chi connectivity index (χ1n) is 9.22. The number of rotatable bonds is 6. The summed E-state index contributed by atoms with van der Waals surface area (Å²) in [5.41, 5.74) is 3.20. The number of hydrogen-bond donors (Lipinski definition) is 0. The second-order valence-electron chi connectivity index (χ2n) is 6.62. The molecule has 3 aromatic rings. The van der Waals surface area contributed by atoms with Crippen molar-refractivity contribution in [3.63, 3.8) is 0 Å². The maximum atomic E-state index is 14.2. The van der Waals surface area contributed by atoms with Crippen molar-refractivity contribution in [1.82, 2.24) is 9.97 Å². The standard InChI is InChI=1S/C22H19FN2O4S/c1-27-19-8-5-14(10-17(19)23)21-24-18-12-30-11-16(18)22(25-21)29-15-6-3-13(4-7-15)9-20(26)28-2/h3-8,10H,9,11-12H2,1-2H3. The molecule has 8 heteroatoms. The highest BCUT2D eigenvalue weighted by Gasteiger charge is 2.22. The van der Waals surface area contributed by atoms with Crippen molar-refractivity contribution in [3.05, 3.63) is 65.1 Å². The van der Waals surface area contributed by atoms with Crippen LogP contribution in [0.3, 0.4) is 0 Å². The molecule has 1 aliphatic heterocycles. The third-order valence-corrected chi connectivity index (χ3v) is 5.63. The van der Waals surface area contributed by atoms with Crippen molar-refractivity contribution in [2.75, 3.05) is 14.2 Å². The number of halogens is 1. The van der Waals surface area contributed by atoms with E-state index in [2.05, 4.69) is 14.7 Å². The molecule has 30 heavy (non-hydrogen) atoms. The Balaban J connectivity index is 1.63. The minimum atomic E-state index is -0.475. The number of aromatic nitrogens is 2. The fraction of sp³-hybridized carbons (Fsp3) is 0.227. The first kappa shape index (κ1) is 20.2. The first-order chi connectivity index (χ1) is 14.6. The lowest BCUT2D eigenvalue weighted by atomic mass is 10.1. The summed E-state index contributed by atoms with van der Waals surface area (Å²) in [6.07, 6.45) is 0.198. The van der Waals surface area contributed by atoms with Crippen molar-refractivity contribution in [2.45, 2.75) is 17.9 Å². The largest absolute Gasteiger partial charge is 0.494 e. The number of thioether (sulfide) groups is 1. The van der Waals surface area contributed by atoms with Gasteiger partial charge in [0.15, 0.2) is 17.4 Å². The second kappa shape index (κ2) is 8.71. The van der Waals surface area contributed by atoms with Gasteiger partial charge < -0.3 is 14.2 Å². The van der Waals surface area contributed by atoms with Crippen LogP contribution in [0.5, 0.6) is 17.4 Å². The molecule has 6 nitrogen and oxygen atoms in total. The van der Waals surface area contributed by atoms with Gasteiger partial charge in [-0.15, -0.1) is 0 Å². The number of carbonyl (C=O) groups excluding carboxylic acids is 1. The van der Waals surface area contributed by atoms with Gasteiger partial charge in [-0.3, -0.25) is 4.79 Å². The number of fused-ring (bicyclic) bond motifs is 1. The van der Waals surface area contributed by atoms with Crippen LogP contribution in [0.2, 0.25) is 0 Å². The van der Waals surface area contributed by atoms with E-state index in [4.69, 9.17) is 9.47 Å². The number of ether oxygens (including phenoxy) is 3. The van der Waals surface area contributed by atoms with Crippen LogP contribution in [-0.4, -0.2) is 30.2 Å². The summed E-state index contributed by atoms with van der Waals surface area (Å²) in [4.78, 5) is 20.6. The third kappa shape index (κ3) is 4.23. The number of esters is 1. The number of methoxy groups -OCH3 is 2. The summed E-state index contributed by atoms with van der Waals surface area (Å²) in [7, 11) is 2.78. The smallest absolute Gasteiger partial charge is 0.309 e. The van der Waals surface area contributed by atoms with Crippen LogP contribution >= 0.6 is 11.8 Å². The highest BCUT2D eigenvalue weighted by Crippen LogP contribution is 2.37. The molecule has 0 saturated carbocycles. The molecule has 4 rings (SSSR count). The Morgan fingerprint density at radius 3 is 2.60 bits per heavy atom. The molecule has 0 aliphatic carbocycles.